The summed E-state index contributed by atoms with van der Waals surface area (Å²) in [6, 6.07) is 36.9. The van der Waals surface area contributed by atoms with Crippen molar-refractivity contribution in [3.05, 3.63) is 116 Å². The molecule has 0 spiro atoms. The van der Waals surface area contributed by atoms with Gasteiger partial charge in [0.2, 0.25) is 0 Å². The van der Waals surface area contributed by atoms with Crippen LogP contribution in [0.2, 0.25) is 0 Å². The number of para-hydroxylation sites is 3. The quantitative estimate of drug-likeness (QED) is 0.239. The highest BCUT2D eigenvalue weighted by Gasteiger charge is 2.20. The van der Waals surface area contributed by atoms with Gasteiger partial charge >= 0.3 is 0 Å². The van der Waals surface area contributed by atoms with Crippen LogP contribution < -0.4 is 0 Å². The summed E-state index contributed by atoms with van der Waals surface area (Å²) in [4.78, 5) is 8.56. The van der Waals surface area contributed by atoms with Crippen molar-refractivity contribution in [2.75, 3.05) is 0 Å². The number of nitrogens with zero attached hydrogens (tertiary/aromatic N) is 3. The summed E-state index contributed by atoms with van der Waals surface area (Å²) < 4.78 is 4.66. The fraction of sp³-hybridized carbons (Fsp3) is 0. The molecule has 0 aliphatic heterocycles. The molecule has 0 aliphatic carbocycles. The molecular formula is C33H20N4. The van der Waals surface area contributed by atoms with Crippen molar-refractivity contribution in [2.45, 2.75) is 0 Å². The highest BCUT2D eigenvalue weighted by Crippen LogP contribution is 2.42. The maximum absolute atomic E-state index is 4.95. The Kier molecular flexibility index (Phi) is 3.50. The Balaban J connectivity index is 1.57. The van der Waals surface area contributed by atoms with E-state index in [0.29, 0.717) is 0 Å². The van der Waals surface area contributed by atoms with Crippen LogP contribution in [0, 0.1) is 0 Å². The van der Waals surface area contributed by atoms with Crippen molar-refractivity contribution in [1.29, 1.82) is 0 Å². The molecule has 0 saturated heterocycles. The fourth-order valence-electron chi connectivity index (χ4n) is 6.43. The van der Waals surface area contributed by atoms with Crippen LogP contribution in [0.3, 0.4) is 0 Å². The predicted molar refractivity (Wildman–Crippen MR) is 154 cm³/mol. The molecule has 0 atom stereocenters. The fourth-order valence-corrected chi connectivity index (χ4v) is 6.43. The molecule has 0 bridgehead atoms. The van der Waals surface area contributed by atoms with E-state index in [1.54, 1.807) is 0 Å². The lowest BCUT2D eigenvalue weighted by molar-refractivity contribution is 1.18. The maximum Gasteiger partial charge on any atom is 0.145 e. The van der Waals surface area contributed by atoms with E-state index in [1.807, 2.05) is 6.20 Å². The molecule has 4 aromatic heterocycles. The van der Waals surface area contributed by atoms with Gasteiger partial charge in [-0.3, -0.25) is 4.40 Å². The van der Waals surface area contributed by atoms with Crippen LogP contribution in [0.25, 0.3) is 76.6 Å². The number of H-pyrrole nitrogens is 1. The summed E-state index contributed by atoms with van der Waals surface area (Å²) >= 11 is 0. The zero-order valence-electron chi connectivity index (χ0n) is 19.8. The molecule has 9 aromatic rings. The van der Waals surface area contributed by atoms with Crippen LogP contribution in [0.5, 0.6) is 0 Å². The second kappa shape index (κ2) is 6.77. The molecule has 172 valence electrons. The molecule has 0 unspecified atom stereocenters. The van der Waals surface area contributed by atoms with Gasteiger partial charge < -0.3 is 9.55 Å². The number of nitrogens with one attached hydrogen (secondary N) is 1. The Morgan fingerprint density at radius 2 is 1.32 bits per heavy atom. The molecule has 0 aliphatic rings. The van der Waals surface area contributed by atoms with Crippen molar-refractivity contribution in [3.8, 4) is 5.69 Å². The van der Waals surface area contributed by atoms with Gasteiger partial charge in [0.15, 0.2) is 0 Å². The molecule has 4 heteroatoms. The third kappa shape index (κ3) is 2.35. The minimum Gasteiger partial charge on any atom is -0.354 e. The lowest BCUT2D eigenvalue weighted by atomic mass is 9.99. The molecule has 0 amide bonds. The van der Waals surface area contributed by atoms with E-state index in [4.69, 9.17) is 4.98 Å². The number of aromatic nitrogens is 4. The summed E-state index contributed by atoms with van der Waals surface area (Å²) in [6.45, 7) is 0. The Morgan fingerprint density at radius 1 is 0.541 bits per heavy atom. The Morgan fingerprint density at radius 3 is 2.24 bits per heavy atom. The Labute approximate surface area is 211 Å². The number of hydrogen-bond acceptors (Lipinski definition) is 1. The first kappa shape index (κ1) is 19.1. The van der Waals surface area contributed by atoms with Gasteiger partial charge in [0.25, 0.3) is 0 Å². The molecule has 4 heterocycles. The summed E-state index contributed by atoms with van der Waals surface area (Å²) in [6.07, 6.45) is 4.03. The summed E-state index contributed by atoms with van der Waals surface area (Å²) in [7, 11) is 0. The second-order valence-electron chi connectivity index (χ2n) is 9.75. The van der Waals surface area contributed by atoms with Crippen LogP contribution >= 0.6 is 0 Å². The van der Waals surface area contributed by atoms with Gasteiger partial charge in [-0.15, -0.1) is 0 Å². The van der Waals surface area contributed by atoms with Crippen molar-refractivity contribution >= 4 is 70.9 Å². The van der Waals surface area contributed by atoms with Crippen molar-refractivity contribution in [1.82, 2.24) is 18.9 Å². The third-order valence-corrected chi connectivity index (χ3v) is 7.89. The molecule has 1 N–H and O–H groups in total. The predicted octanol–water partition coefficient (Wildman–Crippen LogP) is 8.37. The SMILES string of the molecule is c1ccc(-n2c3ccccc3c3c4c(ccc32)c2ccc3[nH]c5ccccc5c3c2n2ccnc42)cc1. The first-order valence-electron chi connectivity index (χ1n) is 12.6. The van der Waals surface area contributed by atoms with E-state index in [1.165, 1.54) is 54.3 Å². The van der Waals surface area contributed by atoms with E-state index < -0.39 is 0 Å². The molecule has 0 radical (unpaired) electrons. The first-order valence-corrected chi connectivity index (χ1v) is 12.6. The number of aromatic amines is 1. The largest absolute Gasteiger partial charge is 0.354 e. The average molecular weight is 473 g/mol. The number of fused-ring (bicyclic) bond motifs is 14. The minimum absolute atomic E-state index is 0.988. The second-order valence-corrected chi connectivity index (χ2v) is 9.75. The van der Waals surface area contributed by atoms with Crippen LogP contribution in [0.1, 0.15) is 0 Å². The number of imidazole rings is 1. The zero-order chi connectivity index (χ0) is 24.1. The highest BCUT2D eigenvalue weighted by molar-refractivity contribution is 6.32. The van der Waals surface area contributed by atoms with Gasteiger partial charge in [0.1, 0.15) is 5.65 Å². The van der Waals surface area contributed by atoms with E-state index in [2.05, 4.69) is 123 Å². The first-order chi connectivity index (χ1) is 18.4. The van der Waals surface area contributed by atoms with E-state index in [-0.39, 0.29) is 0 Å². The molecule has 9 rings (SSSR count). The number of pyridine rings is 1. The Bertz CT molecular complexity index is 2350. The third-order valence-electron chi connectivity index (χ3n) is 7.89. The molecule has 5 aromatic carbocycles. The van der Waals surface area contributed by atoms with Crippen LogP contribution in [0.15, 0.2) is 116 Å². The van der Waals surface area contributed by atoms with Gasteiger partial charge in [0, 0.05) is 61.4 Å². The summed E-state index contributed by atoms with van der Waals surface area (Å²) in [5.41, 5.74) is 8.03. The van der Waals surface area contributed by atoms with Crippen LogP contribution in [0.4, 0.5) is 0 Å². The van der Waals surface area contributed by atoms with Gasteiger partial charge in [0.05, 0.1) is 16.6 Å². The van der Waals surface area contributed by atoms with Crippen LogP contribution in [-0.4, -0.2) is 18.9 Å². The standard InChI is InChI=1S/C33H20N4/c1-2-8-20(9-3-1)37-27-13-7-5-11-24(27)30-28(37)17-15-21-22-14-16-26-29(23-10-4-6-12-25(23)35-26)32(22)36-19-18-34-33(36)31(21)30/h1-19,35H. The number of rotatable bonds is 1. The number of benzene rings is 5. The van der Waals surface area contributed by atoms with Gasteiger partial charge in [-0.2, -0.15) is 0 Å². The lowest BCUT2D eigenvalue weighted by Crippen LogP contribution is -1.94. The molecule has 37 heavy (non-hydrogen) atoms. The zero-order valence-corrected chi connectivity index (χ0v) is 19.8. The van der Waals surface area contributed by atoms with Gasteiger partial charge in [-0.25, -0.2) is 4.98 Å². The van der Waals surface area contributed by atoms with Crippen LogP contribution in [-0.2, 0) is 0 Å². The van der Waals surface area contributed by atoms with Gasteiger partial charge in [-0.05, 0) is 41.8 Å². The highest BCUT2D eigenvalue weighted by atomic mass is 15.0. The molecule has 0 saturated carbocycles. The van der Waals surface area contributed by atoms with Gasteiger partial charge in [-0.1, -0.05) is 66.7 Å². The Hall–Kier alpha value is -5.09. The van der Waals surface area contributed by atoms with Crippen molar-refractivity contribution in [3.63, 3.8) is 0 Å². The van der Waals surface area contributed by atoms with E-state index >= 15 is 0 Å². The van der Waals surface area contributed by atoms with Crippen molar-refractivity contribution in [2.24, 2.45) is 0 Å². The monoisotopic (exact) mass is 472 g/mol. The minimum atomic E-state index is 0.988. The average Bonchev–Trinajstić information content (AvgIpc) is 3.67. The van der Waals surface area contributed by atoms with E-state index in [9.17, 15) is 0 Å². The topological polar surface area (TPSA) is 38.0 Å². The summed E-state index contributed by atoms with van der Waals surface area (Å²) in [5, 5.41) is 8.61. The maximum atomic E-state index is 4.95. The summed E-state index contributed by atoms with van der Waals surface area (Å²) in [5.74, 6) is 0. The number of hydrogen-bond donors (Lipinski definition) is 1. The molecular weight excluding hydrogens is 452 g/mol. The smallest absolute Gasteiger partial charge is 0.145 e. The normalized spacial score (nSPS) is 12.3. The lowest BCUT2D eigenvalue weighted by Gasteiger charge is -2.12. The molecule has 0 fully saturated rings. The van der Waals surface area contributed by atoms with Crippen molar-refractivity contribution < 1.29 is 0 Å². The van der Waals surface area contributed by atoms with E-state index in [0.717, 1.165) is 22.4 Å². The molecule has 4 nitrogen and oxygen atoms in total.